The fourth-order valence-electron chi connectivity index (χ4n) is 2.17. The standard InChI is InChI=1S/C17H19N3O4/c1-12(2)15-18-10-14(16(22)20(15)8-9-21)19-17(23)24-11-13-6-4-3-5-7-13/h3-7,9-10,12H,8,11H2,1-2H3,(H,19,23). The number of hydrogen-bond acceptors (Lipinski definition) is 5. The molecule has 0 saturated heterocycles. The lowest BCUT2D eigenvalue weighted by molar-refractivity contribution is -0.108. The molecule has 126 valence electrons. The number of nitrogens with one attached hydrogen (secondary N) is 1. The van der Waals surface area contributed by atoms with Crippen LogP contribution in [-0.2, 0) is 22.7 Å². The summed E-state index contributed by atoms with van der Waals surface area (Å²) in [6, 6.07) is 9.18. The van der Waals surface area contributed by atoms with Crippen LogP contribution in [0.25, 0.3) is 0 Å². The van der Waals surface area contributed by atoms with Crippen molar-refractivity contribution in [2.24, 2.45) is 0 Å². The molecule has 0 saturated carbocycles. The van der Waals surface area contributed by atoms with E-state index in [1.165, 1.54) is 10.8 Å². The molecular formula is C17H19N3O4. The van der Waals surface area contributed by atoms with Gasteiger partial charge in [-0.1, -0.05) is 44.2 Å². The summed E-state index contributed by atoms with van der Waals surface area (Å²) in [5.74, 6) is 0.451. The van der Waals surface area contributed by atoms with Gasteiger partial charge in [0.1, 0.15) is 24.4 Å². The Balaban J connectivity index is 2.11. The third kappa shape index (κ3) is 4.28. The highest BCUT2D eigenvalue weighted by molar-refractivity contribution is 5.84. The van der Waals surface area contributed by atoms with Gasteiger partial charge in [-0.15, -0.1) is 0 Å². The molecule has 0 spiro atoms. The van der Waals surface area contributed by atoms with Crippen molar-refractivity contribution < 1.29 is 14.3 Å². The maximum Gasteiger partial charge on any atom is 0.412 e. The minimum Gasteiger partial charge on any atom is -0.444 e. The topological polar surface area (TPSA) is 90.3 Å². The molecule has 0 bridgehead atoms. The van der Waals surface area contributed by atoms with Crippen LogP contribution < -0.4 is 10.9 Å². The minimum atomic E-state index is -0.757. The molecule has 7 nitrogen and oxygen atoms in total. The van der Waals surface area contributed by atoms with Crippen LogP contribution in [0.5, 0.6) is 0 Å². The van der Waals surface area contributed by atoms with Crippen LogP contribution in [0, 0.1) is 0 Å². The lowest BCUT2D eigenvalue weighted by Gasteiger charge is -2.14. The van der Waals surface area contributed by atoms with Gasteiger partial charge in [0.15, 0.2) is 0 Å². The molecule has 1 aromatic heterocycles. The highest BCUT2D eigenvalue weighted by Gasteiger charge is 2.15. The van der Waals surface area contributed by atoms with Crippen molar-refractivity contribution in [1.82, 2.24) is 9.55 Å². The van der Waals surface area contributed by atoms with Crippen molar-refractivity contribution in [1.29, 1.82) is 0 Å². The van der Waals surface area contributed by atoms with Gasteiger partial charge in [0.2, 0.25) is 0 Å². The predicted octanol–water partition coefficient (Wildman–Crippen LogP) is 2.31. The second-order valence-electron chi connectivity index (χ2n) is 5.45. The van der Waals surface area contributed by atoms with E-state index in [4.69, 9.17) is 4.74 Å². The fourth-order valence-corrected chi connectivity index (χ4v) is 2.17. The first kappa shape index (κ1) is 17.4. The molecule has 2 rings (SSSR count). The van der Waals surface area contributed by atoms with Gasteiger partial charge in [-0.2, -0.15) is 0 Å². The van der Waals surface area contributed by atoms with E-state index in [0.29, 0.717) is 12.1 Å². The Bertz CT molecular complexity index is 769. The fraction of sp³-hybridized carbons (Fsp3) is 0.294. The number of aromatic nitrogens is 2. The average Bonchev–Trinajstić information content (AvgIpc) is 2.57. The molecule has 1 aromatic carbocycles. The third-order valence-electron chi connectivity index (χ3n) is 3.30. The van der Waals surface area contributed by atoms with E-state index in [9.17, 15) is 14.4 Å². The van der Waals surface area contributed by atoms with Crippen molar-refractivity contribution in [2.45, 2.75) is 32.9 Å². The molecule has 1 amide bonds. The van der Waals surface area contributed by atoms with Crippen molar-refractivity contribution >= 4 is 18.1 Å². The molecule has 0 aliphatic heterocycles. The van der Waals surface area contributed by atoms with E-state index in [-0.39, 0.29) is 24.8 Å². The number of hydrogen-bond donors (Lipinski definition) is 1. The molecule has 0 radical (unpaired) electrons. The summed E-state index contributed by atoms with van der Waals surface area (Å²) < 4.78 is 6.31. The molecule has 0 aliphatic carbocycles. The zero-order valence-corrected chi connectivity index (χ0v) is 13.6. The summed E-state index contributed by atoms with van der Waals surface area (Å²) in [4.78, 5) is 39.2. The van der Waals surface area contributed by atoms with E-state index in [0.717, 1.165) is 5.56 Å². The van der Waals surface area contributed by atoms with Gasteiger partial charge in [0.05, 0.1) is 12.7 Å². The quantitative estimate of drug-likeness (QED) is 0.821. The molecule has 7 heteroatoms. The summed E-state index contributed by atoms with van der Waals surface area (Å²) >= 11 is 0. The van der Waals surface area contributed by atoms with Gasteiger partial charge in [0.25, 0.3) is 5.56 Å². The predicted molar refractivity (Wildman–Crippen MR) is 88.9 cm³/mol. The van der Waals surface area contributed by atoms with Crippen LogP contribution in [0.1, 0.15) is 31.2 Å². The van der Waals surface area contributed by atoms with E-state index in [2.05, 4.69) is 10.3 Å². The van der Waals surface area contributed by atoms with Crippen LogP contribution in [0.4, 0.5) is 10.5 Å². The number of benzene rings is 1. The van der Waals surface area contributed by atoms with E-state index < -0.39 is 11.7 Å². The molecule has 0 unspecified atom stereocenters. The Labute approximate surface area is 139 Å². The largest absolute Gasteiger partial charge is 0.444 e. The molecular weight excluding hydrogens is 310 g/mol. The number of carbonyl (C=O) groups excluding carboxylic acids is 2. The summed E-state index contributed by atoms with van der Waals surface area (Å²) in [6.07, 6.45) is 1.14. The van der Waals surface area contributed by atoms with Gasteiger partial charge >= 0.3 is 6.09 Å². The average molecular weight is 329 g/mol. The lowest BCUT2D eigenvalue weighted by Crippen LogP contribution is -2.30. The van der Waals surface area contributed by atoms with E-state index in [1.54, 1.807) is 0 Å². The SMILES string of the molecule is CC(C)c1ncc(NC(=O)OCc2ccccc2)c(=O)n1CC=O. The first-order valence-electron chi connectivity index (χ1n) is 7.54. The number of anilines is 1. The van der Waals surface area contributed by atoms with Crippen LogP contribution in [0.15, 0.2) is 41.3 Å². The van der Waals surface area contributed by atoms with Crippen molar-refractivity contribution in [3.05, 3.63) is 58.3 Å². The molecule has 0 atom stereocenters. The highest BCUT2D eigenvalue weighted by atomic mass is 16.5. The zero-order valence-electron chi connectivity index (χ0n) is 13.6. The normalized spacial score (nSPS) is 10.5. The Morgan fingerprint density at radius 2 is 2.04 bits per heavy atom. The van der Waals surface area contributed by atoms with Crippen LogP contribution >= 0.6 is 0 Å². The van der Waals surface area contributed by atoms with Gasteiger partial charge in [0, 0.05) is 5.92 Å². The smallest absolute Gasteiger partial charge is 0.412 e. The van der Waals surface area contributed by atoms with Gasteiger partial charge < -0.3 is 9.53 Å². The number of amides is 1. The van der Waals surface area contributed by atoms with Gasteiger partial charge in [-0.05, 0) is 5.56 Å². The number of nitrogens with zero attached hydrogens (tertiary/aromatic N) is 2. The maximum atomic E-state index is 12.4. The van der Waals surface area contributed by atoms with Crippen LogP contribution in [-0.4, -0.2) is 21.9 Å². The van der Waals surface area contributed by atoms with Crippen LogP contribution in [0.3, 0.4) is 0 Å². The molecule has 2 aromatic rings. The highest BCUT2D eigenvalue weighted by Crippen LogP contribution is 2.11. The monoisotopic (exact) mass is 329 g/mol. The zero-order chi connectivity index (χ0) is 17.5. The number of carbonyl (C=O) groups is 2. The number of rotatable bonds is 6. The first-order valence-corrected chi connectivity index (χ1v) is 7.54. The Morgan fingerprint density at radius 1 is 1.33 bits per heavy atom. The lowest BCUT2D eigenvalue weighted by atomic mass is 10.2. The molecule has 0 aliphatic rings. The molecule has 0 fully saturated rings. The number of aldehydes is 1. The number of ether oxygens (including phenoxy) is 1. The van der Waals surface area contributed by atoms with Crippen molar-refractivity contribution in [3.63, 3.8) is 0 Å². The van der Waals surface area contributed by atoms with E-state index >= 15 is 0 Å². The van der Waals surface area contributed by atoms with Crippen molar-refractivity contribution in [2.75, 3.05) is 5.32 Å². The summed E-state index contributed by atoms with van der Waals surface area (Å²) in [5.41, 5.74) is 0.316. The van der Waals surface area contributed by atoms with E-state index in [1.807, 2.05) is 44.2 Å². The third-order valence-corrected chi connectivity index (χ3v) is 3.30. The molecule has 1 heterocycles. The van der Waals surface area contributed by atoms with Gasteiger partial charge in [-0.25, -0.2) is 9.78 Å². The minimum absolute atomic E-state index is 0.0284. The Kier molecular flexibility index (Phi) is 5.83. The second-order valence-corrected chi connectivity index (χ2v) is 5.45. The molecule has 1 N–H and O–H groups in total. The Morgan fingerprint density at radius 3 is 2.67 bits per heavy atom. The second kappa shape index (κ2) is 8.05. The summed E-state index contributed by atoms with van der Waals surface area (Å²) in [5, 5.41) is 2.37. The first-order chi connectivity index (χ1) is 11.5. The summed E-state index contributed by atoms with van der Waals surface area (Å²) in [7, 11) is 0. The maximum absolute atomic E-state index is 12.4. The molecule has 24 heavy (non-hydrogen) atoms. The van der Waals surface area contributed by atoms with Crippen LogP contribution in [0.2, 0.25) is 0 Å². The Hall–Kier alpha value is -2.96. The van der Waals surface area contributed by atoms with Crippen molar-refractivity contribution in [3.8, 4) is 0 Å². The van der Waals surface area contributed by atoms with Gasteiger partial charge in [-0.3, -0.25) is 14.7 Å². The summed E-state index contributed by atoms with van der Waals surface area (Å²) in [6.45, 7) is 3.70.